The summed E-state index contributed by atoms with van der Waals surface area (Å²) in [6.45, 7) is 1.07. The highest BCUT2D eigenvalue weighted by Gasteiger charge is 2.15. The lowest BCUT2D eigenvalue weighted by atomic mass is 10.1. The van der Waals surface area contributed by atoms with Gasteiger partial charge in [-0.15, -0.1) is 0 Å². The van der Waals surface area contributed by atoms with E-state index in [2.05, 4.69) is 15.7 Å². The molecule has 0 aliphatic heterocycles. The maximum absolute atomic E-state index is 12.5. The van der Waals surface area contributed by atoms with Gasteiger partial charge < -0.3 is 15.4 Å². The first-order valence-electron chi connectivity index (χ1n) is 11.0. The van der Waals surface area contributed by atoms with E-state index in [0.29, 0.717) is 17.1 Å². The lowest BCUT2D eigenvalue weighted by molar-refractivity contribution is -0.146. The van der Waals surface area contributed by atoms with Crippen molar-refractivity contribution >= 4 is 23.6 Å². The number of nitrogens with one attached hydrogen (secondary N) is 2. The highest BCUT2D eigenvalue weighted by atomic mass is 16.5. The van der Waals surface area contributed by atoms with Gasteiger partial charge in [0.05, 0.1) is 11.4 Å². The molecule has 0 atom stereocenters. The Kier molecular flexibility index (Phi) is 7.32. The lowest BCUT2D eigenvalue weighted by Crippen LogP contribution is -2.32. The summed E-state index contributed by atoms with van der Waals surface area (Å²) in [7, 11) is 0. The molecule has 0 radical (unpaired) electrons. The van der Waals surface area contributed by atoms with Crippen LogP contribution in [0.4, 0.5) is 5.82 Å². The zero-order valence-corrected chi connectivity index (χ0v) is 19.1. The molecule has 0 spiro atoms. The number of anilines is 1. The summed E-state index contributed by atoms with van der Waals surface area (Å²) in [5, 5.41) is 9.86. The average molecular weight is 469 g/mol. The normalized spacial score (nSPS) is 10.4. The summed E-state index contributed by atoms with van der Waals surface area (Å²) in [5.74, 6) is -1.21. The Balaban J connectivity index is 1.36. The summed E-state index contributed by atoms with van der Waals surface area (Å²) in [5.41, 5.74) is 3.80. The molecule has 1 aromatic heterocycles. The Hall–Kier alpha value is -4.72. The molecule has 176 valence electrons. The molecule has 0 saturated heterocycles. The number of nitrogens with zero attached hydrogens (tertiary/aromatic N) is 2. The number of para-hydroxylation sites is 1. The van der Waals surface area contributed by atoms with Crippen LogP contribution in [0.25, 0.3) is 16.9 Å². The molecule has 0 aliphatic rings. The predicted octanol–water partition coefficient (Wildman–Crippen LogP) is 3.76. The number of carbonyl (C=O) groups is 3. The number of aryl methyl sites for hydroxylation is 1. The maximum atomic E-state index is 12.5. The molecular weight excluding hydrogens is 444 g/mol. The second-order valence-electron chi connectivity index (χ2n) is 7.79. The van der Waals surface area contributed by atoms with Gasteiger partial charge in [0.1, 0.15) is 12.4 Å². The third kappa shape index (κ3) is 6.20. The fraction of sp³-hybridized carbons (Fsp3) is 0.111. The molecule has 4 aromatic rings. The predicted molar refractivity (Wildman–Crippen MR) is 132 cm³/mol. The van der Waals surface area contributed by atoms with E-state index in [4.69, 9.17) is 4.74 Å². The Morgan fingerprint density at radius 1 is 0.886 bits per heavy atom. The van der Waals surface area contributed by atoms with Crippen molar-refractivity contribution in [1.29, 1.82) is 0 Å². The van der Waals surface area contributed by atoms with Gasteiger partial charge in [-0.2, -0.15) is 5.10 Å². The monoisotopic (exact) mass is 468 g/mol. The first-order valence-corrected chi connectivity index (χ1v) is 11.0. The van der Waals surface area contributed by atoms with Crippen LogP contribution < -0.4 is 10.6 Å². The first-order chi connectivity index (χ1) is 17.0. The van der Waals surface area contributed by atoms with E-state index < -0.39 is 24.4 Å². The van der Waals surface area contributed by atoms with E-state index in [1.54, 1.807) is 35.0 Å². The number of esters is 1. The largest absolute Gasteiger partial charge is 0.454 e. The van der Waals surface area contributed by atoms with E-state index in [1.165, 1.54) is 0 Å². The van der Waals surface area contributed by atoms with Crippen LogP contribution in [0.1, 0.15) is 15.9 Å². The molecule has 35 heavy (non-hydrogen) atoms. The van der Waals surface area contributed by atoms with Gasteiger partial charge in [-0.1, -0.05) is 66.2 Å². The summed E-state index contributed by atoms with van der Waals surface area (Å²) >= 11 is 0. The van der Waals surface area contributed by atoms with E-state index in [9.17, 15) is 14.4 Å². The fourth-order valence-electron chi connectivity index (χ4n) is 3.32. The molecule has 2 N–H and O–H groups in total. The summed E-state index contributed by atoms with van der Waals surface area (Å²) < 4.78 is 6.64. The molecule has 8 nitrogen and oxygen atoms in total. The van der Waals surface area contributed by atoms with E-state index in [-0.39, 0.29) is 6.54 Å². The number of rotatable bonds is 8. The van der Waals surface area contributed by atoms with Crippen molar-refractivity contribution in [3.05, 3.63) is 102 Å². The number of carbonyl (C=O) groups excluding carboxylic acids is 3. The van der Waals surface area contributed by atoms with Gasteiger partial charge in [0, 0.05) is 17.2 Å². The smallest absolute Gasteiger partial charge is 0.325 e. The molecule has 2 amide bonds. The number of benzene rings is 3. The van der Waals surface area contributed by atoms with E-state index in [1.807, 2.05) is 67.6 Å². The molecule has 0 aliphatic carbocycles. The minimum Gasteiger partial charge on any atom is -0.454 e. The molecule has 4 rings (SSSR count). The van der Waals surface area contributed by atoms with Crippen molar-refractivity contribution in [2.24, 2.45) is 0 Å². The van der Waals surface area contributed by atoms with Crippen LogP contribution >= 0.6 is 0 Å². The fourth-order valence-corrected chi connectivity index (χ4v) is 3.32. The number of ether oxygens (including phenoxy) is 1. The summed E-state index contributed by atoms with van der Waals surface area (Å²) in [6.07, 6.45) is 0. The van der Waals surface area contributed by atoms with Crippen LogP contribution in [0.3, 0.4) is 0 Å². The molecule has 1 heterocycles. The van der Waals surface area contributed by atoms with Crippen LogP contribution in [0.2, 0.25) is 0 Å². The molecule has 8 heteroatoms. The second kappa shape index (κ2) is 10.9. The highest BCUT2D eigenvalue weighted by molar-refractivity contribution is 5.96. The SMILES string of the molecule is Cc1ccc(C(=O)NCC(=O)OCC(=O)Nc2cc(-c3ccccc3)nn2-c2ccccc2)cc1. The third-order valence-electron chi connectivity index (χ3n) is 5.12. The van der Waals surface area contributed by atoms with Crippen molar-refractivity contribution in [3.8, 4) is 16.9 Å². The number of amides is 2. The van der Waals surface area contributed by atoms with Crippen molar-refractivity contribution in [1.82, 2.24) is 15.1 Å². The summed E-state index contributed by atoms with van der Waals surface area (Å²) in [4.78, 5) is 36.7. The molecule has 0 saturated carbocycles. The highest BCUT2D eigenvalue weighted by Crippen LogP contribution is 2.24. The van der Waals surface area contributed by atoms with Gasteiger partial charge >= 0.3 is 5.97 Å². The van der Waals surface area contributed by atoms with Crippen molar-refractivity contribution < 1.29 is 19.1 Å². The van der Waals surface area contributed by atoms with E-state index in [0.717, 1.165) is 16.8 Å². The van der Waals surface area contributed by atoms with Crippen LogP contribution in [-0.4, -0.2) is 40.7 Å². The summed E-state index contributed by atoms with van der Waals surface area (Å²) in [6, 6.07) is 27.7. The van der Waals surface area contributed by atoms with Crippen LogP contribution in [0, 0.1) is 6.92 Å². The minimum absolute atomic E-state index is 0.347. The zero-order chi connectivity index (χ0) is 24.6. The maximum Gasteiger partial charge on any atom is 0.325 e. The second-order valence-corrected chi connectivity index (χ2v) is 7.79. The Labute approximate surface area is 202 Å². The van der Waals surface area contributed by atoms with Gasteiger partial charge in [0.15, 0.2) is 6.61 Å². The Bertz CT molecular complexity index is 1320. The van der Waals surface area contributed by atoms with Gasteiger partial charge in [-0.3, -0.25) is 14.4 Å². The minimum atomic E-state index is -0.720. The quantitative estimate of drug-likeness (QED) is 0.384. The van der Waals surface area contributed by atoms with Gasteiger partial charge in [-0.25, -0.2) is 4.68 Å². The average Bonchev–Trinajstić information content (AvgIpc) is 3.31. The zero-order valence-electron chi connectivity index (χ0n) is 19.1. The Morgan fingerprint density at radius 2 is 1.54 bits per heavy atom. The van der Waals surface area contributed by atoms with Crippen LogP contribution in [0.15, 0.2) is 91.0 Å². The first kappa shape index (κ1) is 23.4. The van der Waals surface area contributed by atoms with Gasteiger partial charge in [0.2, 0.25) is 0 Å². The number of aromatic nitrogens is 2. The van der Waals surface area contributed by atoms with Crippen molar-refractivity contribution in [2.45, 2.75) is 6.92 Å². The molecular formula is C27H24N4O4. The molecule has 0 bridgehead atoms. The molecule has 0 fully saturated rings. The van der Waals surface area contributed by atoms with Crippen molar-refractivity contribution in [3.63, 3.8) is 0 Å². The topological polar surface area (TPSA) is 102 Å². The molecule has 3 aromatic carbocycles. The van der Waals surface area contributed by atoms with E-state index >= 15 is 0 Å². The van der Waals surface area contributed by atoms with Crippen LogP contribution in [0.5, 0.6) is 0 Å². The van der Waals surface area contributed by atoms with Crippen LogP contribution in [-0.2, 0) is 14.3 Å². The molecule has 0 unspecified atom stereocenters. The number of hydrogen-bond donors (Lipinski definition) is 2. The van der Waals surface area contributed by atoms with Gasteiger partial charge in [0.25, 0.3) is 11.8 Å². The Morgan fingerprint density at radius 3 is 2.23 bits per heavy atom. The van der Waals surface area contributed by atoms with Crippen molar-refractivity contribution in [2.75, 3.05) is 18.5 Å². The number of hydrogen-bond acceptors (Lipinski definition) is 5. The third-order valence-corrected chi connectivity index (χ3v) is 5.12. The van der Waals surface area contributed by atoms with Gasteiger partial charge in [-0.05, 0) is 31.2 Å². The lowest BCUT2D eigenvalue weighted by Gasteiger charge is -2.09. The standard InChI is InChI=1S/C27H24N4O4/c1-19-12-14-21(15-13-19)27(34)28-17-26(33)35-18-25(32)29-24-16-23(20-8-4-2-5-9-20)30-31(24)22-10-6-3-7-11-22/h2-16H,17-18H2,1H3,(H,28,34)(H,29,32).